The second-order valence-corrected chi connectivity index (χ2v) is 4.40. The van der Waals surface area contributed by atoms with E-state index in [2.05, 4.69) is 42.5 Å². The van der Waals surface area contributed by atoms with Crippen LogP contribution >= 0.6 is 0 Å². The summed E-state index contributed by atoms with van der Waals surface area (Å²) in [6, 6.07) is 11.0. The predicted molar refractivity (Wildman–Crippen MR) is 63.2 cm³/mol. The average molecular weight is 197 g/mol. The third-order valence-corrected chi connectivity index (χ3v) is 3.39. The van der Waals surface area contributed by atoms with Gasteiger partial charge in [0, 0.05) is 5.71 Å². The molecule has 1 aliphatic carbocycles. The van der Waals surface area contributed by atoms with Crippen molar-refractivity contribution in [3.8, 4) is 0 Å². The second-order valence-electron chi connectivity index (χ2n) is 4.40. The normalized spacial score (nSPS) is 28.7. The van der Waals surface area contributed by atoms with Crippen LogP contribution in [0.15, 0.2) is 47.5 Å². The standard InChI is InChI=1S/C14H15N/c1-2-6-11(7-3-1)14-10-12-8-4-5-9-13(12)15-14/h1-3,5-7,9,12-13H,4,8,10H2/t12-,13-/m1/s1. The van der Waals surface area contributed by atoms with Crippen LogP contribution in [-0.2, 0) is 0 Å². The Kier molecular flexibility index (Phi) is 2.17. The number of benzene rings is 1. The molecule has 1 aliphatic heterocycles. The first-order valence-corrected chi connectivity index (χ1v) is 5.72. The van der Waals surface area contributed by atoms with Gasteiger partial charge in [-0.1, -0.05) is 42.5 Å². The van der Waals surface area contributed by atoms with Crippen LogP contribution in [0.5, 0.6) is 0 Å². The van der Waals surface area contributed by atoms with Crippen molar-refractivity contribution in [1.82, 2.24) is 0 Å². The molecular formula is C14H15N. The van der Waals surface area contributed by atoms with Crippen LogP contribution in [-0.4, -0.2) is 11.8 Å². The first-order valence-electron chi connectivity index (χ1n) is 5.72. The van der Waals surface area contributed by atoms with E-state index < -0.39 is 0 Å². The minimum absolute atomic E-state index is 0.467. The molecule has 15 heavy (non-hydrogen) atoms. The van der Waals surface area contributed by atoms with Crippen LogP contribution in [0.25, 0.3) is 0 Å². The van der Waals surface area contributed by atoms with Crippen LogP contribution in [0.1, 0.15) is 24.8 Å². The maximum Gasteiger partial charge on any atom is 0.0715 e. The lowest BCUT2D eigenvalue weighted by molar-refractivity contribution is 0.470. The van der Waals surface area contributed by atoms with Gasteiger partial charge in [-0.3, -0.25) is 4.99 Å². The van der Waals surface area contributed by atoms with Gasteiger partial charge >= 0.3 is 0 Å². The van der Waals surface area contributed by atoms with Gasteiger partial charge in [0.2, 0.25) is 0 Å². The topological polar surface area (TPSA) is 12.4 Å². The zero-order chi connectivity index (χ0) is 10.1. The Balaban J connectivity index is 1.88. The fraction of sp³-hybridized carbons (Fsp3) is 0.357. The average Bonchev–Trinajstić information content (AvgIpc) is 2.74. The summed E-state index contributed by atoms with van der Waals surface area (Å²) in [7, 11) is 0. The molecule has 2 atom stereocenters. The minimum Gasteiger partial charge on any atom is -0.281 e. The number of rotatable bonds is 1. The van der Waals surface area contributed by atoms with Crippen molar-refractivity contribution in [3.05, 3.63) is 48.0 Å². The lowest BCUT2D eigenvalue weighted by Crippen LogP contribution is -2.14. The molecule has 0 saturated heterocycles. The highest BCUT2D eigenvalue weighted by molar-refractivity contribution is 6.02. The molecule has 0 amide bonds. The Morgan fingerprint density at radius 3 is 2.80 bits per heavy atom. The molecule has 0 N–H and O–H groups in total. The van der Waals surface area contributed by atoms with Crippen LogP contribution in [0.4, 0.5) is 0 Å². The monoisotopic (exact) mass is 197 g/mol. The van der Waals surface area contributed by atoms with Crippen LogP contribution in [0, 0.1) is 5.92 Å². The molecular weight excluding hydrogens is 182 g/mol. The van der Waals surface area contributed by atoms with E-state index in [1.165, 1.54) is 30.5 Å². The number of nitrogens with zero attached hydrogens (tertiary/aromatic N) is 1. The van der Waals surface area contributed by atoms with E-state index in [9.17, 15) is 0 Å². The van der Waals surface area contributed by atoms with Crippen molar-refractivity contribution in [1.29, 1.82) is 0 Å². The van der Waals surface area contributed by atoms with Crippen molar-refractivity contribution < 1.29 is 0 Å². The minimum atomic E-state index is 0.467. The highest BCUT2D eigenvalue weighted by atomic mass is 14.8. The Bertz CT molecular complexity index is 403. The molecule has 0 bridgehead atoms. The van der Waals surface area contributed by atoms with E-state index in [4.69, 9.17) is 4.99 Å². The third-order valence-electron chi connectivity index (χ3n) is 3.39. The number of hydrogen-bond acceptors (Lipinski definition) is 1. The lowest BCUT2D eigenvalue weighted by atomic mass is 9.88. The fourth-order valence-corrected chi connectivity index (χ4v) is 2.55. The molecule has 76 valence electrons. The van der Waals surface area contributed by atoms with Gasteiger partial charge in [-0.25, -0.2) is 0 Å². The van der Waals surface area contributed by atoms with Crippen LogP contribution in [0.2, 0.25) is 0 Å². The molecule has 1 heterocycles. The van der Waals surface area contributed by atoms with Crippen molar-refractivity contribution in [2.45, 2.75) is 25.3 Å². The molecule has 0 spiro atoms. The molecule has 0 radical (unpaired) electrons. The van der Waals surface area contributed by atoms with Gasteiger partial charge < -0.3 is 0 Å². The first kappa shape index (κ1) is 8.90. The summed E-state index contributed by atoms with van der Waals surface area (Å²) in [6.07, 6.45) is 8.27. The molecule has 0 fully saturated rings. The summed E-state index contributed by atoms with van der Waals surface area (Å²) >= 11 is 0. The first-order chi connectivity index (χ1) is 7.43. The summed E-state index contributed by atoms with van der Waals surface area (Å²) in [4.78, 5) is 4.81. The predicted octanol–water partition coefficient (Wildman–Crippen LogP) is 3.21. The Hall–Kier alpha value is -1.37. The number of aliphatic imine (C=N–C) groups is 1. The molecule has 3 rings (SSSR count). The Morgan fingerprint density at radius 2 is 2.00 bits per heavy atom. The van der Waals surface area contributed by atoms with Gasteiger partial charge in [0.25, 0.3) is 0 Å². The van der Waals surface area contributed by atoms with Crippen molar-refractivity contribution in [2.75, 3.05) is 0 Å². The number of fused-ring (bicyclic) bond motifs is 1. The molecule has 2 aliphatic rings. The zero-order valence-electron chi connectivity index (χ0n) is 8.76. The Labute approximate surface area is 90.5 Å². The lowest BCUT2D eigenvalue weighted by Gasteiger charge is -2.17. The molecule has 1 aromatic rings. The molecule has 0 unspecified atom stereocenters. The van der Waals surface area contributed by atoms with E-state index in [1.54, 1.807) is 0 Å². The van der Waals surface area contributed by atoms with Gasteiger partial charge in [-0.05, 0) is 30.7 Å². The third kappa shape index (κ3) is 1.63. The Morgan fingerprint density at radius 1 is 1.13 bits per heavy atom. The van der Waals surface area contributed by atoms with Gasteiger partial charge in [-0.15, -0.1) is 0 Å². The van der Waals surface area contributed by atoms with E-state index in [-0.39, 0.29) is 0 Å². The maximum atomic E-state index is 4.81. The molecule has 0 saturated carbocycles. The second kappa shape index (κ2) is 3.65. The van der Waals surface area contributed by atoms with E-state index in [0.29, 0.717) is 6.04 Å². The van der Waals surface area contributed by atoms with E-state index in [0.717, 1.165) is 5.92 Å². The molecule has 1 nitrogen and oxygen atoms in total. The smallest absolute Gasteiger partial charge is 0.0715 e. The zero-order valence-corrected chi connectivity index (χ0v) is 8.76. The fourth-order valence-electron chi connectivity index (χ4n) is 2.55. The summed E-state index contributed by atoms with van der Waals surface area (Å²) in [5.41, 5.74) is 2.61. The molecule has 0 aromatic heterocycles. The SMILES string of the molecule is C1=C[C@H]2N=C(c3ccccc3)C[C@H]2CC1. The molecule has 1 heteroatoms. The van der Waals surface area contributed by atoms with Gasteiger partial charge in [0.05, 0.1) is 6.04 Å². The number of allylic oxidation sites excluding steroid dienone is 1. The number of hydrogen-bond donors (Lipinski definition) is 0. The highest BCUT2D eigenvalue weighted by Gasteiger charge is 2.28. The highest BCUT2D eigenvalue weighted by Crippen LogP contribution is 2.32. The van der Waals surface area contributed by atoms with Crippen LogP contribution in [0.3, 0.4) is 0 Å². The van der Waals surface area contributed by atoms with Crippen molar-refractivity contribution in [2.24, 2.45) is 10.9 Å². The van der Waals surface area contributed by atoms with Crippen molar-refractivity contribution in [3.63, 3.8) is 0 Å². The van der Waals surface area contributed by atoms with Gasteiger partial charge in [0.1, 0.15) is 0 Å². The quantitative estimate of drug-likeness (QED) is 0.613. The van der Waals surface area contributed by atoms with E-state index >= 15 is 0 Å². The van der Waals surface area contributed by atoms with Crippen LogP contribution < -0.4 is 0 Å². The summed E-state index contributed by atoms with van der Waals surface area (Å²) in [6.45, 7) is 0. The largest absolute Gasteiger partial charge is 0.281 e. The van der Waals surface area contributed by atoms with Crippen molar-refractivity contribution >= 4 is 5.71 Å². The van der Waals surface area contributed by atoms with Gasteiger partial charge in [-0.2, -0.15) is 0 Å². The molecule has 1 aromatic carbocycles. The summed E-state index contributed by atoms with van der Waals surface area (Å²) in [5, 5.41) is 0. The maximum absolute atomic E-state index is 4.81. The van der Waals surface area contributed by atoms with Gasteiger partial charge in [0.15, 0.2) is 0 Å². The summed E-state index contributed by atoms with van der Waals surface area (Å²) in [5.74, 6) is 0.769. The van der Waals surface area contributed by atoms with E-state index in [1.807, 2.05) is 0 Å². The summed E-state index contributed by atoms with van der Waals surface area (Å²) < 4.78 is 0.